The minimum atomic E-state index is -0.0470. The number of benzene rings is 6. The van der Waals surface area contributed by atoms with Crippen molar-refractivity contribution >= 4 is 33.6 Å². The standard InChI is InChI=1S/C56H54N4S/c1-35(2)46-19-15-20-47(36(3)4)55(46)59-33-50(58-34-59)42-28-43(56(7,8)9)31-45(29-42)61-44-22-23-49-48-18-13-14-21-51(48)60(52(49)32-44)53-30-40(24-25-57-53)54-37(5)26-41(27-38(54)6)39-16-11-10-12-17-39/h10-36H,1-9H3. The fourth-order valence-electron chi connectivity index (χ4n) is 8.95. The van der Waals surface area contributed by atoms with E-state index in [1.54, 1.807) is 11.8 Å². The van der Waals surface area contributed by atoms with E-state index in [-0.39, 0.29) is 5.41 Å². The summed E-state index contributed by atoms with van der Waals surface area (Å²) in [6.07, 6.45) is 6.17. The Morgan fingerprint density at radius 2 is 1.25 bits per heavy atom. The summed E-state index contributed by atoms with van der Waals surface area (Å²) < 4.78 is 4.58. The van der Waals surface area contributed by atoms with E-state index < -0.39 is 0 Å². The Balaban J connectivity index is 1.12. The first-order valence-electron chi connectivity index (χ1n) is 21.5. The van der Waals surface area contributed by atoms with Crippen LogP contribution in [0, 0.1) is 13.8 Å². The molecule has 0 aliphatic rings. The van der Waals surface area contributed by atoms with Crippen LogP contribution in [0.4, 0.5) is 0 Å². The average Bonchev–Trinajstić information content (AvgIpc) is 3.86. The predicted molar refractivity (Wildman–Crippen MR) is 259 cm³/mol. The second-order valence-corrected chi connectivity index (χ2v) is 19.3. The summed E-state index contributed by atoms with van der Waals surface area (Å²) in [6, 6.07) is 48.9. The largest absolute Gasteiger partial charge is 0.305 e. The minimum Gasteiger partial charge on any atom is -0.305 e. The first-order chi connectivity index (χ1) is 29.3. The number of imidazole rings is 1. The third-order valence-corrected chi connectivity index (χ3v) is 13.0. The van der Waals surface area contributed by atoms with E-state index >= 15 is 0 Å². The zero-order valence-corrected chi connectivity index (χ0v) is 37.6. The van der Waals surface area contributed by atoms with Gasteiger partial charge < -0.3 is 4.57 Å². The molecule has 0 saturated heterocycles. The van der Waals surface area contributed by atoms with E-state index in [1.807, 2.05) is 12.5 Å². The zero-order chi connectivity index (χ0) is 42.6. The van der Waals surface area contributed by atoms with Gasteiger partial charge in [-0.25, -0.2) is 9.97 Å². The Bertz CT molecular complexity index is 3020. The number of aromatic nitrogens is 4. The van der Waals surface area contributed by atoms with Crippen molar-refractivity contribution in [2.24, 2.45) is 0 Å². The summed E-state index contributed by atoms with van der Waals surface area (Å²) in [5.41, 5.74) is 16.9. The van der Waals surface area contributed by atoms with Gasteiger partial charge in [0.25, 0.3) is 0 Å². The van der Waals surface area contributed by atoms with E-state index in [0.717, 1.165) is 33.7 Å². The molecule has 0 bridgehead atoms. The lowest BCUT2D eigenvalue weighted by Gasteiger charge is -2.21. The van der Waals surface area contributed by atoms with Crippen LogP contribution in [0.1, 0.15) is 88.1 Å². The van der Waals surface area contributed by atoms with Gasteiger partial charge in [0.15, 0.2) is 0 Å². The van der Waals surface area contributed by atoms with Crippen molar-refractivity contribution in [2.75, 3.05) is 0 Å². The second kappa shape index (κ2) is 16.0. The molecule has 9 aromatic rings. The molecular weight excluding hydrogens is 761 g/mol. The summed E-state index contributed by atoms with van der Waals surface area (Å²) in [5, 5.41) is 2.43. The van der Waals surface area contributed by atoms with E-state index in [1.165, 1.54) is 70.8 Å². The van der Waals surface area contributed by atoms with Gasteiger partial charge in [0.05, 0.1) is 28.7 Å². The Kier molecular flexibility index (Phi) is 10.6. The van der Waals surface area contributed by atoms with Gasteiger partial charge in [0, 0.05) is 38.5 Å². The molecule has 0 aliphatic carbocycles. The molecule has 0 N–H and O–H groups in total. The Morgan fingerprint density at radius 3 is 1.95 bits per heavy atom. The van der Waals surface area contributed by atoms with Crippen molar-refractivity contribution in [3.63, 3.8) is 0 Å². The normalized spacial score (nSPS) is 12.0. The Hall–Kier alpha value is -6.17. The van der Waals surface area contributed by atoms with Gasteiger partial charge in [-0.1, -0.05) is 145 Å². The highest BCUT2D eigenvalue weighted by Crippen LogP contribution is 2.41. The molecule has 0 aliphatic heterocycles. The van der Waals surface area contributed by atoms with Crippen LogP contribution in [0.5, 0.6) is 0 Å². The van der Waals surface area contributed by atoms with Crippen molar-refractivity contribution in [1.29, 1.82) is 0 Å². The summed E-state index contributed by atoms with van der Waals surface area (Å²) in [5.74, 6) is 1.70. The molecule has 6 aromatic carbocycles. The molecule has 3 heterocycles. The fourth-order valence-corrected chi connectivity index (χ4v) is 9.90. The maximum absolute atomic E-state index is 5.05. The lowest BCUT2D eigenvalue weighted by molar-refractivity contribution is 0.589. The number of aryl methyl sites for hydroxylation is 2. The quantitative estimate of drug-likeness (QED) is 0.146. The van der Waals surface area contributed by atoms with E-state index in [0.29, 0.717) is 11.8 Å². The Morgan fingerprint density at radius 1 is 0.557 bits per heavy atom. The number of para-hydroxylation sites is 2. The molecule has 0 fully saturated rings. The van der Waals surface area contributed by atoms with Gasteiger partial charge in [0.2, 0.25) is 0 Å². The molecule has 61 heavy (non-hydrogen) atoms. The predicted octanol–water partition coefficient (Wildman–Crippen LogP) is 15.7. The summed E-state index contributed by atoms with van der Waals surface area (Å²) in [6.45, 7) is 20.4. The van der Waals surface area contributed by atoms with Crippen LogP contribution in [0.25, 0.3) is 66.8 Å². The number of hydrogen-bond donors (Lipinski definition) is 0. The molecule has 0 atom stereocenters. The number of hydrogen-bond acceptors (Lipinski definition) is 3. The maximum Gasteiger partial charge on any atom is 0.138 e. The van der Waals surface area contributed by atoms with Gasteiger partial charge in [-0.05, 0) is 130 Å². The van der Waals surface area contributed by atoms with E-state index in [2.05, 4.69) is 211 Å². The van der Waals surface area contributed by atoms with Crippen molar-refractivity contribution in [1.82, 2.24) is 19.1 Å². The molecule has 5 heteroatoms. The van der Waals surface area contributed by atoms with Gasteiger partial charge >= 0.3 is 0 Å². The van der Waals surface area contributed by atoms with Crippen LogP contribution in [-0.4, -0.2) is 19.1 Å². The molecule has 4 nitrogen and oxygen atoms in total. The van der Waals surface area contributed by atoms with Gasteiger partial charge in [-0.3, -0.25) is 4.57 Å². The number of fused-ring (bicyclic) bond motifs is 3. The van der Waals surface area contributed by atoms with Crippen molar-refractivity contribution in [3.8, 4) is 45.0 Å². The Labute approximate surface area is 365 Å². The van der Waals surface area contributed by atoms with Crippen LogP contribution in [-0.2, 0) is 5.41 Å². The van der Waals surface area contributed by atoms with Crippen LogP contribution in [0.2, 0.25) is 0 Å². The molecule has 304 valence electrons. The minimum absolute atomic E-state index is 0.0470. The fraction of sp³-hybridized carbons (Fsp3) is 0.214. The van der Waals surface area contributed by atoms with Crippen LogP contribution in [0.3, 0.4) is 0 Å². The number of nitrogens with zero attached hydrogens (tertiary/aromatic N) is 4. The second-order valence-electron chi connectivity index (χ2n) is 18.1. The molecule has 0 saturated carbocycles. The SMILES string of the molecule is Cc1cc(-c2ccccc2)cc(C)c1-c1ccnc(-n2c3ccccc3c3ccc(Sc4cc(-c5cn(-c6c(C(C)C)cccc6C(C)C)cn5)cc(C(C)(C)C)c4)cc32)c1. The summed E-state index contributed by atoms with van der Waals surface area (Å²) >= 11 is 1.81. The molecule has 0 unspecified atom stereocenters. The lowest BCUT2D eigenvalue weighted by Crippen LogP contribution is -2.11. The van der Waals surface area contributed by atoms with E-state index in [9.17, 15) is 0 Å². The molecular formula is C56H54N4S. The van der Waals surface area contributed by atoms with Gasteiger partial charge in [-0.15, -0.1) is 0 Å². The highest BCUT2D eigenvalue weighted by molar-refractivity contribution is 7.99. The highest BCUT2D eigenvalue weighted by atomic mass is 32.2. The van der Waals surface area contributed by atoms with Crippen LogP contribution in [0.15, 0.2) is 162 Å². The molecule has 0 radical (unpaired) electrons. The van der Waals surface area contributed by atoms with Crippen molar-refractivity contribution in [2.45, 2.75) is 89.4 Å². The first kappa shape index (κ1) is 40.2. The highest BCUT2D eigenvalue weighted by Gasteiger charge is 2.21. The van der Waals surface area contributed by atoms with Crippen molar-refractivity contribution < 1.29 is 0 Å². The van der Waals surface area contributed by atoms with E-state index in [4.69, 9.17) is 9.97 Å². The van der Waals surface area contributed by atoms with Crippen LogP contribution < -0.4 is 0 Å². The van der Waals surface area contributed by atoms with Gasteiger partial charge in [-0.2, -0.15) is 0 Å². The van der Waals surface area contributed by atoms with Gasteiger partial charge in [0.1, 0.15) is 5.82 Å². The molecule has 0 amide bonds. The average molecular weight is 815 g/mol. The zero-order valence-electron chi connectivity index (χ0n) is 36.8. The first-order valence-corrected chi connectivity index (χ1v) is 22.3. The topological polar surface area (TPSA) is 35.6 Å². The van der Waals surface area contributed by atoms with Crippen molar-refractivity contribution in [3.05, 3.63) is 180 Å². The van der Waals surface area contributed by atoms with Crippen LogP contribution >= 0.6 is 11.8 Å². The number of rotatable bonds is 9. The maximum atomic E-state index is 5.05. The third-order valence-electron chi connectivity index (χ3n) is 12.0. The number of pyridine rings is 1. The monoisotopic (exact) mass is 814 g/mol. The smallest absolute Gasteiger partial charge is 0.138 e. The summed E-state index contributed by atoms with van der Waals surface area (Å²) in [7, 11) is 0. The molecule has 3 aromatic heterocycles. The third kappa shape index (κ3) is 7.72. The molecule has 9 rings (SSSR count). The summed E-state index contributed by atoms with van der Waals surface area (Å²) in [4.78, 5) is 12.4. The lowest BCUT2D eigenvalue weighted by atomic mass is 9.86. The molecule has 0 spiro atoms.